The van der Waals surface area contributed by atoms with Gasteiger partial charge in [0.2, 0.25) is 0 Å². The van der Waals surface area contributed by atoms with Crippen LogP contribution in [0.3, 0.4) is 0 Å². The Labute approximate surface area is 397 Å². The summed E-state index contributed by atoms with van der Waals surface area (Å²) in [5.41, 5.74) is 5.24. The molecule has 3 aliphatic carbocycles. The summed E-state index contributed by atoms with van der Waals surface area (Å²) in [6.07, 6.45) is 7.84. The van der Waals surface area contributed by atoms with Crippen LogP contribution in [0, 0.1) is 40.4 Å². The number of halogens is 3. The standard InChI is InChI=1S/C17H13N3OS.C10H9ClN2OS.C7H6BNO2.C6H3ClN2OS.C4H7Br/c18-9-12-3-1-2-4-13(12)14-7-8-15-16(19-14)22-17(21)20(15)10-11-5-6-11;11-8-4-3-7-9(12-8)15-10(14)13(7)5-6-1-2-6;9-5-6-3-1-2-4-7(6)8(10)11;7-4-2-1-3-5(9-4)11-6(10)8-3;5-3-4-1-2-4/h1-4,7-8,11H,5-6,10H2;3-4,6H,1-2,5H2;1-4,10-11H;1-2H,(H,8,10);4H,1-3H2. The van der Waals surface area contributed by atoms with Crippen LogP contribution < -0.4 is 20.1 Å². The van der Waals surface area contributed by atoms with E-state index in [0.717, 1.165) is 67.8 Å². The lowest BCUT2D eigenvalue weighted by atomic mass is 9.77. The number of aromatic nitrogens is 6. The predicted molar refractivity (Wildman–Crippen MR) is 261 cm³/mol. The lowest BCUT2D eigenvalue weighted by molar-refractivity contribution is 0.425. The van der Waals surface area contributed by atoms with Crippen LogP contribution in [0.25, 0.3) is 42.3 Å². The van der Waals surface area contributed by atoms with Gasteiger partial charge in [-0.1, -0.05) is 110 Å². The normalized spacial score (nSPS) is 13.8. The minimum absolute atomic E-state index is 0.0557. The Bertz CT molecular complexity index is 3180. The molecule has 0 atom stereocenters. The Morgan fingerprint density at radius 1 is 0.672 bits per heavy atom. The molecule has 0 saturated heterocycles. The summed E-state index contributed by atoms with van der Waals surface area (Å²) in [7, 11) is -1.56. The molecule has 8 aromatic rings. The number of hydrogen-bond acceptors (Lipinski definition) is 13. The van der Waals surface area contributed by atoms with Crippen LogP contribution in [0.1, 0.15) is 49.7 Å². The molecule has 0 bridgehead atoms. The van der Waals surface area contributed by atoms with E-state index in [1.807, 2.05) is 51.6 Å². The number of thiazole rings is 3. The Morgan fingerprint density at radius 2 is 1.19 bits per heavy atom. The maximum atomic E-state index is 12.2. The summed E-state index contributed by atoms with van der Waals surface area (Å²) < 4.78 is 3.66. The number of nitriles is 2. The maximum absolute atomic E-state index is 12.2. The fraction of sp³-hybridized carbons (Fsp3) is 0.273. The highest BCUT2D eigenvalue weighted by molar-refractivity contribution is 9.09. The van der Waals surface area contributed by atoms with E-state index in [1.54, 1.807) is 36.4 Å². The van der Waals surface area contributed by atoms with Gasteiger partial charge in [0.15, 0.2) is 0 Å². The molecular weight excluding hydrogens is 978 g/mol. The number of nitrogens with one attached hydrogen (secondary N) is 1. The summed E-state index contributed by atoms with van der Waals surface area (Å²) in [6, 6.07) is 28.6. The number of nitrogens with zero attached hydrogens (tertiary/aromatic N) is 7. The van der Waals surface area contributed by atoms with E-state index >= 15 is 0 Å². The van der Waals surface area contributed by atoms with Crippen LogP contribution in [0.5, 0.6) is 0 Å². The molecule has 3 saturated carbocycles. The number of fused-ring (bicyclic) bond motifs is 3. The van der Waals surface area contributed by atoms with Gasteiger partial charge in [-0.25, -0.2) is 15.0 Å². The third-order valence-corrected chi connectivity index (χ3v) is 14.1. The Balaban J connectivity index is 0.000000128. The highest BCUT2D eigenvalue weighted by Gasteiger charge is 2.25. The summed E-state index contributed by atoms with van der Waals surface area (Å²) in [4.78, 5) is 52.2. The quantitative estimate of drug-likeness (QED) is 0.0788. The van der Waals surface area contributed by atoms with E-state index in [-0.39, 0.29) is 20.1 Å². The van der Waals surface area contributed by atoms with Gasteiger partial charge in [-0.15, -0.1) is 0 Å². The summed E-state index contributed by atoms with van der Waals surface area (Å²) in [6.45, 7) is 1.64. The molecule has 0 aliphatic heterocycles. The zero-order valence-corrected chi connectivity index (χ0v) is 39.4. The van der Waals surface area contributed by atoms with Gasteiger partial charge in [0, 0.05) is 24.0 Å². The molecule has 2 aromatic carbocycles. The Hall–Kier alpha value is -5.02. The molecule has 326 valence electrons. The van der Waals surface area contributed by atoms with E-state index in [1.165, 1.54) is 78.7 Å². The smallest absolute Gasteiger partial charge is 0.423 e. The van der Waals surface area contributed by atoms with E-state index in [9.17, 15) is 19.6 Å². The van der Waals surface area contributed by atoms with Crippen molar-refractivity contribution >= 4 is 117 Å². The highest BCUT2D eigenvalue weighted by atomic mass is 79.9. The van der Waals surface area contributed by atoms with Crippen molar-refractivity contribution in [3.63, 3.8) is 0 Å². The molecular formula is C44H38BBrCl2N8O5S3. The van der Waals surface area contributed by atoms with Crippen molar-refractivity contribution in [2.24, 2.45) is 17.8 Å². The summed E-state index contributed by atoms with van der Waals surface area (Å²) >= 11 is 18.2. The van der Waals surface area contributed by atoms with Gasteiger partial charge in [-0.3, -0.25) is 23.5 Å². The second kappa shape index (κ2) is 21.8. The van der Waals surface area contributed by atoms with E-state index in [2.05, 4.69) is 41.9 Å². The molecule has 0 spiro atoms. The largest absolute Gasteiger partial charge is 0.489 e. The van der Waals surface area contributed by atoms with Gasteiger partial charge in [0.05, 0.1) is 45.5 Å². The lowest BCUT2D eigenvalue weighted by Gasteiger charge is -2.05. The number of rotatable bonds is 7. The zero-order valence-electron chi connectivity index (χ0n) is 33.9. The number of benzene rings is 2. The maximum Gasteiger partial charge on any atom is 0.489 e. The highest BCUT2D eigenvalue weighted by Crippen LogP contribution is 2.33. The van der Waals surface area contributed by atoms with Gasteiger partial charge in [0.1, 0.15) is 24.8 Å². The second-order valence-electron chi connectivity index (χ2n) is 15.2. The predicted octanol–water partition coefficient (Wildman–Crippen LogP) is 8.60. The molecule has 0 unspecified atom stereocenters. The van der Waals surface area contributed by atoms with Crippen LogP contribution >= 0.6 is 73.1 Å². The van der Waals surface area contributed by atoms with Crippen LogP contribution in [-0.4, -0.2) is 51.6 Å². The number of aromatic amines is 1. The van der Waals surface area contributed by atoms with E-state index in [4.69, 9.17) is 38.5 Å². The average molecular weight is 1020 g/mol. The van der Waals surface area contributed by atoms with Gasteiger partial charge < -0.3 is 15.0 Å². The molecule has 3 aliphatic rings. The van der Waals surface area contributed by atoms with Crippen molar-refractivity contribution in [1.82, 2.24) is 29.1 Å². The Kier molecular flexibility index (Phi) is 16.0. The van der Waals surface area contributed by atoms with Crippen LogP contribution in [0.4, 0.5) is 0 Å². The van der Waals surface area contributed by atoms with Crippen molar-refractivity contribution in [3.05, 3.63) is 135 Å². The first-order chi connectivity index (χ1) is 30.9. The number of hydrogen-bond donors (Lipinski definition) is 3. The molecule has 3 N–H and O–H groups in total. The first-order valence-electron chi connectivity index (χ1n) is 20.2. The van der Waals surface area contributed by atoms with Crippen molar-refractivity contribution in [3.8, 4) is 23.4 Å². The molecule has 6 aromatic heterocycles. The topological polar surface area (TPSA) is 204 Å². The van der Waals surface area contributed by atoms with Crippen LogP contribution in [-0.2, 0) is 13.1 Å². The first-order valence-corrected chi connectivity index (χ1v) is 24.5. The first kappa shape index (κ1) is 47.0. The molecule has 0 radical (unpaired) electrons. The van der Waals surface area contributed by atoms with Crippen molar-refractivity contribution < 1.29 is 10.0 Å². The molecule has 0 amide bonds. The third-order valence-electron chi connectivity index (χ3n) is 10.2. The monoisotopic (exact) mass is 1010 g/mol. The second-order valence-corrected chi connectivity index (χ2v) is 19.4. The number of H-pyrrole nitrogens is 1. The molecule has 3 fully saturated rings. The van der Waals surface area contributed by atoms with Gasteiger partial charge >= 0.3 is 21.7 Å². The molecule has 11 rings (SSSR count). The molecule has 20 heteroatoms. The van der Waals surface area contributed by atoms with Crippen molar-refractivity contribution in [2.75, 3.05) is 5.33 Å². The van der Waals surface area contributed by atoms with E-state index in [0.29, 0.717) is 38.1 Å². The zero-order chi connectivity index (χ0) is 45.3. The summed E-state index contributed by atoms with van der Waals surface area (Å²) in [5.74, 6) is 2.39. The Morgan fingerprint density at radius 3 is 1.72 bits per heavy atom. The van der Waals surface area contributed by atoms with Gasteiger partial charge in [-0.2, -0.15) is 10.5 Å². The molecule has 6 heterocycles. The molecule has 64 heavy (non-hydrogen) atoms. The lowest BCUT2D eigenvalue weighted by Crippen LogP contribution is -2.31. The SMILES string of the molecule is BrCC1CC1.N#Cc1ccccc1-c1ccc2c(n1)sc(=O)n2CC1CC1.N#Cc1ccccc1B(O)O.O=c1[nH]c2ccc(Cl)nc2s1.O=c1sc2nc(Cl)ccc2n1CC1CC1. The average Bonchev–Trinajstić information content (AvgIpc) is 4.22. The van der Waals surface area contributed by atoms with Gasteiger partial charge in [0.25, 0.3) is 0 Å². The van der Waals surface area contributed by atoms with E-state index < -0.39 is 7.12 Å². The van der Waals surface area contributed by atoms with Crippen molar-refractivity contribution in [2.45, 2.75) is 51.6 Å². The molecule has 13 nitrogen and oxygen atoms in total. The fourth-order valence-corrected chi connectivity index (χ4v) is 9.71. The summed E-state index contributed by atoms with van der Waals surface area (Å²) in [5, 5.41) is 37.3. The van der Waals surface area contributed by atoms with Crippen LogP contribution in [0.2, 0.25) is 10.3 Å². The van der Waals surface area contributed by atoms with Crippen LogP contribution in [0.15, 0.2) is 99.3 Å². The number of pyridine rings is 3. The fourth-order valence-electron chi connectivity index (χ4n) is 6.20. The minimum Gasteiger partial charge on any atom is -0.423 e. The number of alkyl halides is 1. The third kappa shape index (κ3) is 12.6. The minimum atomic E-state index is -1.56. The van der Waals surface area contributed by atoms with Gasteiger partial charge in [-0.05, 0) is 110 Å². The van der Waals surface area contributed by atoms with Crippen molar-refractivity contribution in [1.29, 1.82) is 10.5 Å².